The minimum atomic E-state index is -4.38. The van der Waals surface area contributed by atoms with Crippen LogP contribution in [-0.4, -0.2) is 39.2 Å². The van der Waals surface area contributed by atoms with Gasteiger partial charge in [-0.25, -0.2) is 4.79 Å². The monoisotopic (exact) mass is 585 g/mol. The lowest BCUT2D eigenvalue weighted by atomic mass is 9.46. The van der Waals surface area contributed by atoms with Gasteiger partial charge in [-0.05, 0) is 91.3 Å². The van der Waals surface area contributed by atoms with Crippen molar-refractivity contribution in [3.8, 4) is 5.75 Å². The largest absolute Gasteiger partial charge is 0.487 e. The topological polar surface area (TPSA) is 95.9 Å². The van der Waals surface area contributed by atoms with E-state index in [-0.39, 0.29) is 46.4 Å². The molecule has 3 aromatic rings. The molecule has 7 rings (SSSR count). The van der Waals surface area contributed by atoms with Gasteiger partial charge in [-0.1, -0.05) is 42.5 Å². The lowest BCUT2D eigenvalue weighted by molar-refractivity contribution is -0.181. The molecule has 4 aliphatic rings. The summed E-state index contributed by atoms with van der Waals surface area (Å²) in [6, 6.07) is 15.3. The van der Waals surface area contributed by atoms with Gasteiger partial charge < -0.3 is 20.3 Å². The fraction of sp³-hybridized carbons (Fsp3) is 0.419. The van der Waals surface area contributed by atoms with Crippen molar-refractivity contribution in [2.75, 3.05) is 0 Å². The highest BCUT2D eigenvalue weighted by atomic mass is 32.2. The van der Waals surface area contributed by atoms with Crippen molar-refractivity contribution in [3.05, 3.63) is 71.8 Å². The Hall–Kier alpha value is -3.24. The number of rotatable bonds is 8. The molecule has 3 aromatic carbocycles. The maximum atomic E-state index is 13.8. The van der Waals surface area contributed by atoms with E-state index in [1.807, 2.05) is 12.1 Å². The Morgan fingerprint density at radius 1 is 1.00 bits per heavy atom. The van der Waals surface area contributed by atoms with Crippen molar-refractivity contribution in [1.29, 1.82) is 0 Å². The van der Waals surface area contributed by atoms with E-state index in [0.717, 1.165) is 11.8 Å². The Balaban J connectivity index is 1.27. The molecule has 0 aromatic heterocycles. The molecule has 0 heterocycles. The van der Waals surface area contributed by atoms with Gasteiger partial charge in [-0.15, -0.1) is 0 Å². The van der Waals surface area contributed by atoms with Gasteiger partial charge in [0.25, 0.3) is 5.91 Å². The number of halogens is 3. The number of thioether (sulfide) groups is 1. The van der Waals surface area contributed by atoms with Crippen molar-refractivity contribution >= 4 is 34.4 Å². The Morgan fingerprint density at radius 3 is 2.32 bits per heavy atom. The van der Waals surface area contributed by atoms with E-state index in [9.17, 15) is 33.0 Å². The van der Waals surface area contributed by atoms with Crippen LogP contribution in [0, 0.1) is 17.3 Å². The third-order valence-electron chi connectivity index (χ3n) is 8.87. The molecule has 1 amide bonds. The molecule has 3 atom stereocenters. The molecule has 4 bridgehead atoms. The normalized spacial score (nSPS) is 27.5. The molecule has 0 spiro atoms. The van der Waals surface area contributed by atoms with E-state index in [2.05, 4.69) is 5.32 Å². The van der Waals surface area contributed by atoms with Crippen LogP contribution in [0.1, 0.15) is 54.4 Å². The number of amides is 1. The van der Waals surface area contributed by atoms with E-state index in [4.69, 9.17) is 4.74 Å². The molecule has 2 unspecified atom stereocenters. The first-order chi connectivity index (χ1) is 19.4. The highest BCUT2D eigenvalue weighted by Crippen LogP contribution is 2.62. The molecule has 4 saturated carbocycles. The number of carboxylic acids is 1. The maximum absolute atomic E-state index is 13.8. The molecule has 216 valence electrons. The Morgan fingerprint density at radius 2 is 1.68 bits per heavy atom. The average molecular weight is 586 g/mol. The number of benzene rings is 3. The van der Waals surface area contributed by atoms with Crippen LogP contribution in [0.5, 0.6) is 5.75 Å². The number of hydrogen-bond acceptors (Lipinski definition) is 5. The molecule has 0 aliphatic heterocycles. The first kappa shape index (κ1) is 27.9. The summed E-state index contributed by atoms with van der Waals surface area (Å²) in [6.45, 7) is -0.00601. The summed E-state index contributed by atoms with van der Waals surface area (Å²) in [7, 11) is 0. The second-order valence-corrected chi connectivity index (χ2v) is 13.1. The summed E-state index contributed by atoms with van der Waals surface area (Å²) >= 11 is -0.197. The molecular formula is C31H30F3NO5S. The van der Waals surface area contributed by atoms with Gasteiger partial charge in [-0.2, -0.15) is 13.2 Å². The lowest BCUT2D eigenvalue weighted by Crippen LogP contribution is -2.64. The van der Waals surface area contributed by atoms with E-state index < -0.39 is 34.4 Å². The number of aliphatic carboxylic acids is 1. The number of nitrogens with one attached hydrogen (secondary N) is 1. The molecule has 3 N–H and O–H groups in total. The first-order valence-electron chi connectivity index (χ1n) is 13.7. The van der Waals surface area contributed by atoms with Crippen LogP contribution in [0.2, 0.25) is 0 Å². The Labute approximate surface area is 239 Å². The van der Waals surface area contributed by atoms with Crippen molar-refractivity contribution < 1.29 is 37.7 Å². The van der Waals surface area contributed by atoms with E-state index >= 15 is 0 Å². The zero-order valence-electron chi connectivity index (χ0n) is 22.1. The van der Waals surface area contributed by atoms with E-state index in [1.54, 1.807) is 24.3 Å². The summed E-state index contributed by atoms with van der Waals surface area (Å²) in [4.78, 5) is 26.4. The van der Waals surface area contributed by atoms with Crippen molar-refractivity contribution in [1.82, 2.24) is 5.32 Å². The third-order valence-corrected chi connectivity index (χ3v) is 9.61. The number of carbonyl (C=O) groups excluding carboxylic acids is 1. The summed E-state index contributed by atoms with van der Waals surface area (Å²) in [5.41, 5.74) is -5.20. The van der Waals surface area contributed by atoms with Crippen LogP contribution >= 0.6 is 11.8 Å². The van der Waals surface area contributed by atoms with Crippen molar-refractivity contribution in [2.45, 2.75) is 67.2 Å². The number of carboxylic acid groups (broad SMARTS) is 1. The first-order valence-corrected chi connectivity index (χ1v) is 14.5. The fourth-order valence-corrected chi connectivity index (χ4v) is 8.37. The van der Waals surface area contributed by atoms with Gasteiger partial charge >= 0.3 is 11.5 Å². The number of hydrogen-bond donors (Lipinski definition) is 3. The van der Waals surface area contributed by atoms with Crippen LogP contribution in [0.4, 0.5) is 13.2 Å². The van der Waals surface area contributed by atoms with Crippen molar-refractivity contribution in [2.24, 2.45) is 17.3 Å². The molecule has 0 saturated heterocycles. The van der Waals surface area contributed by atoms with Gasteiger partial charge in [0.2, 0.25) is 0 Å². The molecule has 10 heteroatoms. The predicted octanol–water partition coefficient (Wildman–Crippen LogP) is 6.55. The maximum Gasteiger partial charge on any atom is 0.446 e. The second-order valence-electron chi connectivity index (χ2n) is 11.9. The zero-order chi connectivity index (χ0) is 29.0. The molecule has 41 heavy (non-hydrogen) atoms. The van der Waals surface area contributed by atoms with Crippen LogP contribution < -0.4 is 10.1 Å². The smallest absolute Gasteiger partial charge is 0.446 e. The molecule has 0 radical (unpaired) electrons. The summed E-state index contributed by atoms with van der Waals surface area (Å²) in [6.07, 6.45) is 4.03. The van der Waals surface area contributed by atoms with Gasteiger partial charge in [0.05, 0.1) is 11.2 Å². The van der Waals surface area contributed by atoms with Crippen molar-refractivity contribution in [3.63, 3.8) is 0 Å². The van der Waals surface area contributed by atoms with Gasteiger partial charge in [0.15, 0.2) is 0 Å². The highest BCUT2D eigenvalue weighted by Gasteiger charge is 2.61. The Bertz CT molecular complexity index is 1480. The number of carbonyl (C=O) groups is 2. The fourth-order valence-electron chi connectivity index (χ4n) is 7.83. The zero-order valence-corrected chi connectivity index (χ0v) is 22.9. The summed E-state index contributed by atoms with van der Waals surface area (Å²) in [5.74, 6) is -0.939. The van der Waals surface area contributed by atoms with Crippen LogP contribution in [0.15, 0.2) is 65.6 Å². The summed E-state index contributed by atoms with van der Waals surface area (Å²) < 4.78 is 44.2. The van der Waals surface area contributed by atoms with E-state index in [1.165, 1.54) is 24.3 Å². The minimum absolute atomic E-state index is 0.00601. The van der Waals surface area contributed by atoms with Gasteiger partial charge in [0, 0.05) is 15.7 Å². The van der Waals surface area contributed by atoms with Crippen LogP contribution in [0.25, 0.3) is 10.8 Å². The summed E-state index contributed by atoms with van der Waals surface area (Å²) in [5, 5.41) is 25.7. The molecule has 4 aliphatic carbocycles. The Kier molecular flexibility index (Phi) is 6.97. The molecule has 6 nitrogen and oxygen atoms in total. The molecular weight excluding hydrogens is 555 g/mol. The standard InChI is InChI=1S/C31H30F3NO5S/c32-31(33,34)41-22-8-5-18(6-9-22)16-40-25-23-4-2-1-3-21(23)7-10-24(25)27(36)35-26(28(37)38)29-12-19-11-20(13-29)15-30(39,14-19)17-29/h1-10,19-20,26,39H,11-17H2,(H,35,36)(H,37,38)/t19?,20?,26-,29?,30?/m1/s1. The highest BCUT2D eigenvalue weighted by molar-refractivity contribution is 8.00. The predicted molar refractivity (Wildman–Crippen MR) is 148 cm³/mol. The van der Waals surface area contributed by atoms with Crippen LogP contribution in [-0.2, 0) is 11.4 Å². The number of aliphatic hydroxyl groups is 1. The van der Waals surface area contributed by atoms with Gasteiger partial charge in [-0.3, -0.25) is 4.79 Å². The SMILES string of the molecule is O=C(N[C@H](C(=O)O)C12CC3CC(CC(O)(C3)C1)C2)c1ccc2ccccc2c1OCc1ccc(SC(F)(F)F)cc1. The second kappa shape index (κ2) is 10.2. The molecule has 4 fully saturated rings. The average Bonchev–Trinajstić information content (AvgIpc) is 2.88. The quantitative estimate of drug-likeness (QED) is 0.260. The number of ether oxygens (including phenoxy) is 1. The van der Waals surface area contributed by atoms with Crippen LogP contribution in [0.3, 0.4) is 0 Å². The van der Waals surface area contributed by atoms with E-state index in [0.29, 0.717) is 43.1 Å². The lowest BCUT2D eigenvalue weighted by Gasteiger charge is -2.61. The minimum Gasteiger partial charge on any atom is -0.487 e. The van der Waals surface area contributed by atoms with Gasteiger partial charge in [0.1, 0.15) is 18.4 Å². The number of fused-ring (bicyclic) bond motifs is 1. The third kappa shape index (κ3) is 5.64. The number of alkyl halides is 3.